The molecule has 1 aliphatic rings. The number of nitrogens with zero attached hydrogens (tertiary/aromatic N) is 3. The lowest BCUT2D eigenvalue weighted by Gasteiger charge is -2.22. The molecule has 162 valence electrons. The highest BCUT2D eigenvalue weighted by Crippen LogP contribution is 2.40. The fourth-order valence-electron chi connectivity index (χ4n) is 2.95. The number of urea groups is 1. The maximum absolute atomic E-state index is 13.1. The Hall–Kier alpha value is -3.62. The van der Waals surface area contributed by atoms with Crippen molar-refractivity contribution in [3.63, 3.8) is 0 Å². The van der Waals surface area contributed by atoms with E-state index in [4.69, 9.17) is 27.9 Å². The van der Waals surface area contributed by atoms with Gasteiger partial charge in [-0.2, -0.15) is 10.1 Å². The zero-order valence-corrected chi connectivity index (χ0v) is 17.9. The number of benzene rings is 2. The number of ether oxygens (including phenoxy) is 1. The molecule has 4 rings (SSSR count). The molecule has 0 saturated carbocycles. The van der Waals surface area contributed by atoms with E-state index in [0.29, 0.717) is 17.1 Å². The molecule has 2 amide bonds. The van der Waals surface area contributed by atoms with Crippen molar-refractivity contribution in [3.8, 4) is 11.5 Å². The minimum absolute atomic E-state index is 0.135. The van der Waals surface area contributed by atoms with E-state index < -0.39 is 6.03 Å². The van der Waals surface area contributed by atoms with E-state index in [-0.39, 0.29) is 33.7 Å². The summed E-state index contributed by atoms with van der Waals surface area (Å²) in [4.78, 5) is 24.3. The van der Waals surface area contributed by atoms with Gasteiger partial charge in [-0.15, -0.1) is 0 Å². The minimum atomic E-state index is -0.508. The molecule has 1 N–H and O–H groups in total. The third-order valence-corrected chi connectivity index (χ3v) is 5.02. The molecule has 32 heavy (non-hydrogen) atoms. The summed E-state index contributed by atoms with van der Waals surface area (Å²) in [6, 6.07) is 11.1. The second-order valence-electron chi connectivity index (χ2n) is 6.81. The number of allylic oxidation sites excluding steroid dienone is 1. The number of pyridine rings is 1. The van der Waals surface area contributed by atoms with Crippen molar-refractivity contribution in [3.05, 3.63) is 98.8 Å². The Morgan fingerprint density at radius 1 is 1.06 bits per heavy atom. The highest BCUT2D eigenvalue weighted by molar-refractivity contribution is 6.37. The molecule has 0 saturated heterocycles. The highest BCUT2D eigenvalue weighted by atomic mass is 35.5. The van der Waals surface area contributed by atoms with Crippen LogP contribution in [0.15, 0.2) is 76.9 Å². The Bertz CT molecular complexity index is 1280. The lowest BCUT2D eigenvalue weighted by molar-refractivity contribution is 0.248. The lowest BCUT2D eigenvalue weighted by Crippen LogP contribution is -2.40. The zero-order chi connectivity index (χ0) is 22.8. The van der Waals surface area contributed by atoms with Crippen LogP contribution in [0.3, 0.4) is 0 Å². The first kappa shape index (κ1) is 21.6. The third-order valence-electron chi connectivity index (χ3n) is 4.46. The number of aromatic nitrogens is 1. The normalized spacial score (nSPS) is 13.3. The van der Waals surface area contributed by atoms with Crippen molar-refractivity contribution in [1.29, 1.82) is 0 Å². The van der Waals surface area contributed by atoms with Gasteiger partial charge in [-0.3, -0.25) is 4.79 Å². The van der Waals surface area contributed by atoms with E-state index in [1.807, 2.05) is 0 Å². The Labute approximate surface area is 191 Å². The molecular weight excluding hydrogens is 458 g/mol. The van der Waals surface area contributed by atoms with Crippen LogP contribution in [0, 0.1) is 5.82 Å². The van der Waals surface area contributed by atoms with Gasteiger partial charge >= 0.3 is 6.03 Å². The molecule has 0 unspecified atom stereocenters. The predicted molar refractivity (Wildman–Crippen MR) is 121 cm³/mol. The largest absolute Gasteiger partial charge is 0.453 e. The van der Waals surface area contributed by atoms with Crippen molar-refractivity contribution in [1.82, 2.24) is 9.88 Å². The van der Waals surface area contributed by atoms with Crippen LogP contribution in [-0.2, 0) is 6.54 Å². The summed E-state index contributed by atoms with van der Waals surface area (Å²) in [5, 5.41) is 7.88. The monoisotopic (exact) mass is 472 g/mol. The lowest BCUT2D eigenvalue weighted by atomic mass is 10.2. The van der Waals surface area contributed by atoms with Crippen LogP contribution in [0.1, 0.15) is 5.56 Å². The van der Waals surface area contributed by atoms with Crippen molar-refractivity contribution in [2.45, 2.75) is 6.54 Å². The van der Waals surface area contributed by atoms with Crippen LogP contribution >= 0.6 is 23.2 Å². The molecule has 0 radical (unpaired) electrons. The van der Waals surface area contributed by atoms with Gasteiger partial charge in [0, 0.05) is 6.07 Å². The van der Waals surface area contributed by atoms with Crippen LogP contribution in [-0.4, -0.2) is 16.8 Å². The van der Waals surface area contributed by atoms with Crippen molar-refractivity contribution in [2.24, 2.45) is 5.10 Å². The highest BCUT2D eigenvalue weighted by Gasteiger charge is 2.22. The van der Waals surface area contributed by atoms with E-state index in [9.17, 15) is 14.0 Å². The number of rotatable bonds is 5. The number of carbonyl (C=O) groups excluding carboxylic acids is 1. The van der Waals surface area contributed by atoms with Crippen molar-refractivity contribution < 1.29 is 13.9 Å². The van der Waals surface area contributed by atoms with Gasteiger partial charge in [-0.05, 0) is 35.9 Å². The quantitative estimate of drug-likeness (QED) is 0.556. The number of amides is 2. The number of hydrogen-bond acceptors (Lipinski definition) is 4. The number of hydrazone groups is 1. The van der Waals surface area contributed by atoms with Crippen molar-refractivity contribution in [2.75, 3.05) is 5.01 Å². The molecule has 0 spiro atoms. The summed E-state index contributed by atoms with van der Waals surface area (Å²) in [5.74, 6) is 0.103. The van der Waals surface area contributed by atoms with Gasteiger partial charge in [-0.25, -0.2) is 9.18 Å². The number of anilines is 1. The molecule has 0 fully saturated rings. The molecule has 1 aliphatic heterocycles. The molecule has 0 atom stereocenters. The van der Waals surface area contributed by atoms with Gasteiger partial charge in [0.25, 0.3) is 5.56 Å². The van der Waals surface area contributed by atoms with Gasteiger partial charge in [0.2, 0.25) is 0 Å². The zero-order valence-electron chi connectivity index (χ0n) is 16.4. The Morgan fingerprint density at radius 2 is 1.75 bits per heavy atom. The average molecular weight is 473 g/mol. The maximum atomic E-state index is 13.1. The van der Waals surface area contributed by atoms with Crippen LogP contribution < -0.4 is 20.6 Å². The fourth-order valence-corrected chi connectivity index (χ4v) is 3.50. The topological polar surface area (TPSA) is 75.9 Å². The fraction of sp³-hybridized carbons (Fsp3) is 0.0455. The summed E-state index contributed by atoms with van der Waals surface area (Å²) >= 11 is 12.7. The van der Waals surface area contributed by atoms with Crippen LogP contribution in [0.5, 0.6) is 11.5 Å². The Balaban J connectivity index is 1.59. The summed E-state index contributed by atoms with van der Waals surface area (Å²) < 4.78 is 20.4. The van der Waals surface area contributed by atoms with Crippen molar-refractivity contribution >= 4 is 41.1 Å². The number of hydrogen-bond donors (Lipinski definition) is 1. The van der Waals surface area contributed by atoms with Gasteiger partial charge in [0.1, 0.15) is 11.6 Å². The Kier molecular flexibility index (Phi) is 5.98. The standard InChI is InChI=1S/C22H15Cl2FN4O3/c1-13-10-26-29(22(31)27-13)16-8-18(23)21(19(24)9-16)32-17-6-7-20(30)28(12-17)11-14-2-4-15(25)5-3-14/h2-10,12H,1,11H2,(H,27,31). The molecule has 0 aliphatic carbocycles. The Morgan fingerprint density at radius 3 is 2.41 bits per heavy atom. The molecule has 7 nitrogen and oxygen atoms in total. The first-order valence-electron chi connectivity index (χ1n) is 9.26. The molecule has 1 aromatic heterocycles. The number of halogens is 3. The number of carbonyl (C=O) groups is 1. The van der Waals surface area contributed by atoms with E-state index in [1.165, 1.54) is 53.4 Å². The van der Waals surface area contributed by atoms with Crippen LogP contribution in [0.25, 0.3) is 0 Å². The average Bonchev–Trinajstić information content (AvgIpc) is 2.74. The van der Waals surface area contributed by atoms with E-state index in [0.717, 1.165) is 10.6 Å². The summed E-state index contributed by atoms with van der Waals surface area (Å²) in [7, 11) is 0. The van der Waals surface area contributed by atoms with Gasteiger partial charge in [-0.1, -0.05) is 41.9 Å². The first-order chi connectivity index (χ1) is 15.3. The van der Waals surface area contributed by atoms with Crippen LogP contribution in [0.4, 0.5) is 14.9 Å². The van der Waals surface area contributed by atoms with Gasteiger partial charge in [0.15, 0.2) is 5.75 Å². The van der Waals surface area contributed by atoms with E-state index in [1.54, 1.807) is 12.1 Å². The molecule has 2 heterocycles. The summed E-state index contributed by atoms with van der Waals surface area (Å²) in [5.41, 5.74) is 1.17. The van der Waals surface area contributed by atoms with E-state index in [2.05, 4.69) is 17.0 Å². The maximum Gasteiger partial charge on any atom is 0.347 e. The van der Waals surface area contributed by atoms with Crippen LogP contribution in [0.2, 0.25) is 10.0 Å². The smallest absolute Gasteiger partial charge is 0.347 e. The minimum Gasteiger partial charge on any atom is -0.453 e. The third kappa shape index (κ3) is 4.66. The predicted octanol–water partition coefficient (Wildman–Crippen LogP) is 5.16. The first-order valence-corrected chi connectivity index (χ1v) is 10.0. The molecule has 2 aromatic carbocycles. The summed E-state index contributed by atoms with van der Waals surface area (Å²) in [6.07, 6.45) is 2.89. The van der Waals surface area contributed by atoms with Gasteiger partial charge in [0.05, 0.1) is 40.4 Å². The molecule has 10 heteroatoms. The molecule has 0 bridgehead atoms. The second-order valence-corrected chi connectivity index (χ2v) is 7.62. The summed E-state index contributed by atoms with van der Waals surface area (Å²) in [6.45, 7) is 3.84. The number of nitrogens with one attached hydrogen (secondary N) is 1. The van der Waals surface area contributed by atoms with Gasteiger partial charge < -0.3 is 14.6 Å². The molecule has 3 aromatic rings. The molecular formula is C22H15Cl2FN4O3. The van der Waals surface area contributed by atoms with E-state index >= 15 is 0 Å². The SMILES string of the molecule is C=C1C=NN(c2cc(Cl)c(Oc3ccc(=O)n(Cc4ccc(F)cc4)c3)c(Cl)c2)C(=O)N1. The second kappa shape index (κ2) is 8.86.